The molecule has 3 rings (SSSR count). The Bertz CT molecular complexity index is 822. The molecule has 0 atom stereocenters. The van der Waals surface area contributed by atoms with Crippen molar-refractivity contribution in [2.24, 2.45) is 0 Å². The fourth-order valence-electron chi connectivity index (χ4n) is 2.59. The molecule has 2 aromatic carbocycles. The van der Waals surface area contributed by atoms with E-state index in [-0.39, 0.29) is 5.91 Å². The van der Waals surface area contributed by atoms with Crippen LogP contribution >= 0.6 is 0 Å². The molecule has 4 heteroatoms. The number of hydrogen-bond donors (Lipinski definition) is 2. The summed E-state index contributed by atoms with van der Waals surface area (Å²) in [6.07, 6.45) is 2.23. The molecular formula is C19H19N3O. The fourth-order valence-corrected chi connectivity index (χ4v) is 2.59. The highest BCUT2D eigenvalue weighted by Crippen LogP contribution is 2.29. The lowest BCUT2D eigenvalue weighted by atomic mass is 9.97. The number of aromatic nitrogens is 2. The van der Waals surface area contributed by atoms with E-state index >= 15 is 0 Å². The maximum atomic E-state index is 11.5. The minimum absolute atomic E-state index is 0.0263. The van der Waals surface area contributed by atoms with Crippen molar-refractivity contribution in [3.05, 3.63) is 60.3 Å². The standard InChI is InChI=1S/C19H19N3O/c1-3-19(23)21-16-7-8-17(13(2)11-16)14-5-4-6-15(12-14)18-9-10-20-22-18/h4-12H,3H2,1-2H3,(H,20,22)(H,21,23). The molecule has 2 N–H and O–H groups in total. The number of anilines is 1. The summed E-state index contributed by atoms with van der Waals surface area (Å²) in [5.41, 5.74) is 6.35. The zero-order valence-electron chi connectivity index (χ0n) is 13.3. The average Bonchev–Trinajstić information content (AvgIpc) is 3.09. The van der Waals surface area contributed by atoms with E-state index < -0.39 is 0 Å². The second kappa shape index (κ2) is 6.48. The molecule has 0 fully saturated rings. The van der Waals surface area contributed by atoms with Gasteiger partial charge >= 0.3 is 0 Å². The third kappa shape index (κ3) is 3.31. The average molecular weight is 305 g/mol. The Morgan fingerprint density at radius 2 is 1.96 bits per heavy atom. The van der Waals surface area contributed by atoms with E-state index in [0.29, 0.717) is 6.42 Å². The largest absolute Gasteiger partial charge is 0.326 e. The highest BCUT2D eigenvalue weighted by atomic mass is 16.1. The first-order valence-corrected chi connectivity index (χ1v) is 7.68. The lowest BCUT2D eigenvalue weighted by Gasteiger charge is -2.11. The van der Waals surface area contributed by atoms with Crippen LogP contribution in [0.25, 0.3) is 22.4 Å². The summed E-state index contributed by atoms with van der Waals surface area (Å²) in [7, 11) is 0. The molecule has 0 spiro atoms. The summed E-state index contributed by atoms with van der Waals surface area (Å²) in [6.45, 7) is 3.90. The topological polar surface area (TPSA) is 57.8 Å². The summed E-state index contributed by atoms with van der Waals surface area (Å²) < 4.78 is 0. The second-order valence-corrected chi connectivity index (χ2v) is 5.48. The van der Waals surface area contributed by atoms with Gasteiger partial charge in [0.15, 0.2) is 0 Å². The molecule has 1 aromatic heterocycles. The Balaban J connectivity index is 1.93. The molecule has 1 heterocycles. The van der Waals surface area contributed by atoms with Gasteiger partial charge in [0.05, 0.1) is 5.69 Å². The molecule has 0 radical (unpaired) electrons. The Labute approximate surface area is 135 Å². The zero-order chi connectivity index (χ0) is 16.2. The van der Waals surface area contributed by atoms with Crippen molar-refractivity contribution in [2.75, 3.05) is 5.32 Å². The summed E-state index contributed by atoms with van der Waals surface area (Å²) in [6, 6.07) is 16.3. The summed E-state index contributed by atoms with van der Waals surface area (Å²) in [4.78, 5) is 11.5. The molecule has 1 amide bonds. The van der Waals surface area contributed by atoms with Crippen molar-refractivity contribution in [1.29, 1.82) is 0 Å². The van der Waals surface area contributed by atoms with Crippen LogP contribution in [0.5, 0.6) is 0 Å². The number of carbonyl (C=O) groups excluding carboxylic acids is 1. The number of benzene rings is 2. The van der Waals surface area contributed by atoms with Gasteiger partial charge in [0.1, 0.15) is 0 Å². The molecule has 3 aromatic rings. The monoisotopic (exact) mass is 305 g/mol. The number of hydrogen-bond acceptors (Lipinski definition) is 2. The van der Waals surface area contributed by atoms with Crippen molar-refractivity contribution < 1.29 is 4.79 Å². The van der Waals surface area contributed by atoms with Gasteiger partial charge in [-0.1, -0.05) is 31.2 Å². The van der Waals surface area contributed by atoms with E-state index in [2.05, 4.69) is 40.6 Å². The molecule has 0 saturated heterocycles. The number of nitrogens with one attached hydrogen (secondary N) is 2. The zero-order valence-corrected chi connectivity index (χ0v) is 13.3. The number of nitrogens with zero attached hydrogens (tertiary/aromatic N) is 1. The van der Waals surface area contributed by atoms with Gasteiger partial charge in [0.2, 0.25) is 5.91 Å². The number of rotatable bonds is 4. The Morgan fingerprint density at radius 1 is 1.13 bits per heavy atom. The molecule has 4 nitrogen and oxygen atoms in total. The van der Waals surface area contributed by atoms with Gasteiger partial charge in [-0.05, 0) is 47.9 Å². The number of H-pyrrole nitrogens is 1. The van der Waals surface area contributed by atoms with Gasteiger partial charge in [-0.25, -0.2) is 0 Å². The summed E-state index contributed by atoms with van der Waals surface area (Å²) >= 11 is 0. The minimum Gasteiger partial charge on any atom is -0.326 e. The summed E-state index contributed by atoms with van der Waals surface area (Å²) in [5, 5.41) is 9.88. The number of aromatic amines is 1. The van der Waals surface area contributed by atoms with E-state index in [1.165, 1.54) is 0 Å². The van der Waals surface area contributed by atoms with Gasteiger partial charge < -0.3 is 5.32 Å². The Kier molecular flexibility index (Phi) is 4.24. The van der Waals surface area contributed by atoms with E-state index in [9.17, 15) is 4.79 Å². The molecule has 0 aliphatic carbocycles. The van der Waals surface area contributed by atoms with E-state index in [4.69, 9.17) is 0 Å². The van der Waals surface area contributed by atoms with Crippen molar-refractivity contribution in [3.8, 4) is 22.4 Å². The first-order valence-electron chi connectivity index (χ1n) is 7.68. The smallest absolute Gasteiger partial charge is 0.224 e. The van der Waals surface area contributed by atoms with Crippen molar-refractivity contribution in [2.45, 2.75) is 20.3 Å². The van der Waals surface area contributed by atoms with Crippen LogP contribution in [-0.2, 0) is 4.79 Å². The molecule has 0 saturated carbocycles. The SMILES string of the molecule is CCC(=O)Nc1ccc(-c2cccc(-c3ccn[nH]3)c2)c(C)c1. The van der Waals surface area contributed by atoms with Crippen molar-refractivity contribution in [1.82, 2.24) is 10.2 Å². The van der Waals surface area contributed by atoms with Crippen LogP contribution in [0, 0.1) is 6.92 Å². The fraction of sp³-hybridized carbons (Fsp3) is 0.158. The van der Waals surface area contributed by atoms with Crippen molar-refractivity contribution >= 4 is 11.6 Å². The van der Waals surface area contributed by atoms with Gasteiger partial charge in [-0.3, -0.25) is 9.89 Å². The van der Waals surface area contributed by atoms with Crippen LogP contribution in [0.4, 0.5) is 5.69 Å². The maximum absolute atomic E-state index is 11.5. The lowest BCUT2D eigenvalue weighted by molar-refractivity contribution is -0.115. The first kappa shape index (κ1) is 15.0. The van der Waals surface area contributed by atoms with Crippen LogP contribution < -0.4 is 5.32 Å². The van der Waals surface area contributed by atoms with E-state index in [1.807, 2.05) is 37.3 Å². The van der Waals surface area contributed by atoms with Crippen LogP contribution in [0.2, 0.25) is 0 Å². The summed E-state index contributed by atoms with van der Waals surface area (Å²) in [5.74, 6) is 0.0263. The molecular weight excluding hydrogens is 286 g/mol. The molecule has 23 heavy (non-hydrogen) atoms. The predicted molar refractivity (Wildman–Crippen MR) is 93.1 cm³/mol. The first-order chi connectivity index (χ1) is 11.2. The Morgan fingerprint density at radius 3 is 2.65 bits per heavy atom. The highest BCUT2D eigenvalue weighted by molar-refractivity contribution is 5.91. The maximum Gasteiger partial charge on any atom is 0.224 e. The molecule has 0 aliphatic heterocycles. The highest BCUT2D eigenvalue weighted by Gasteiger charge is 2.07. The van der Waals surface area contributed by atoms with Crippen LogP contribution in [-0.4, -0.2) is 16.1 Å². The van der Waals surface area contributed by atoms with Crippen LogP contribution in [0.3, 0.4) is 0 Å². The lowest BCUT2D eigenvalue weighted by Crippen LogP contribution is -2.09. The van der Waals surface area contributed by atoms with Gasteiger partial charge in [-0.2, -0.15) is 5.10 Å². The second-order valence-electron chi connectivity index (χ2n) is 5.48. The minimum atomic E-state index is 0.0263. The van der Waals surface area contributed by atoms with Gasteiger partial charge in [-0.15, -0.1) is 0 Å². The normalized spacial score (nSPS) is 10.5. The van der Waals surface area contributed by atoms with Crippen molar-refractivity contribution in [3.63, 3.8) is 0 Å². The molecule has 0 unspecified atom stereocenters. The van der Waals surface area contributed by atoms with Gasteiger partial charge in [0, 0.05) is 23.9 Å². The molecule has 0 aliphatic rings. The van der Waals surface area contributed by atoms with E-state index in [1.54, 1.807) is 6.20 Å². The van der Waals surface area contributed by atoms with Crippen LogP contribution in [0.15, 0.2) is 54.7 Å². The quantitative estimate of drug-likeness (QED) is 0.750. The number of carbonyl (C=O) groups is 1. The van der Waals surface area contributed by atoms with Gasteiger partial charge in [0.25, 0.3) is 0 Å². The third-order valence-corrected chi connectivity index (χ3v) is 3.82. The third-order valence-electron chi connectivity index (χ3n) is 3.82. The number of amides is 1. The number of aryl methyl sites for hydroxylation is 1. The molecule has 0 bridgehead atoms. The van der Waals surface area contributed by atoms with Crippen LogP contribution in [0.1, 0.15) is 18.9 Å². The Hall–Kier alpha value is -2.88. The molecule has 116 valence electrons. The van der Waals surface area contributed by atoms with E-state index in [0.717, 1.165) is 33.6 Å². The predicted octanol–water partition coefficient (Wildman–Crippen LogP) is 4.40.